The first-order chi connectivity index (χ1) is 10.7. The van der Waals surface area contributed by atoms with E-state index in [2.05, 4.69) is 0 Å². The number of rotatable bonds is 1. The number of benzene rings is 2. The van der Waals surface area contributed by atoms with Gasteiger partial charge in [-0.25, -0.2) is 35.1 Å². The van der Waals surface area contributed by atoms with Crippen molar-refractivity contribution >= 4 is 21.8 Å². The fourth-order valence-electron chi connectivity index (χ4n) is 2.63. The Hall–Kier alpha value is -2.32. The van der Waals surface area contributed by atoms with Crippen LogP contribution in [-0.4, -0.2) is 4.57 Å². The van der Waals surface area contributed by atoms with Gasteiger partial charge in [-0.05, 0) is 6.92 Å². The molecule has 0 bridgehead atoms. The zero-order chi connectivity index (χ0) is 17.2. The van der Waals surface area contributed by atoms with E-state index >= 15 is 0 Å². The van der Waals surface area contributed by atoms with Crippen LogP contribution in [0.15, 0.2) is 0 Å². The summed E-state index contributed by atoms with van der Waals surface area (Å²) in [5.74, 6) is -16.8. The summed E-state index contributed by atoms with van der Waals surface area (Å²) in [4.78, 5) is 0. The molecule has 0 spiro atoms. The lowest BCUT2D eigenvalue weighted by Gasteiger charge is -2.06. The molecule has 1 heterocycles. The number of hydrogen-bond donors (Lipinski definition) is 0. The van der Waals surface area contributed by atoms with Gasteiger partial charge in [0, 0.05) is 6.54 Å². The number of aromatic nitrogens is 1. The number of nitrogens with zero attached hydrogens (tertiary/aromatic N) is 1. The molecule has 0 aliphatic carbocycles. The summed E-state index contributed by atoms with van der Waals surface area (Å²) in [6.45, 7) is 0.888. The van der Waals surface area contributed by atoms with E-state index < -0.39 is 68.3 Å². The summed E-state index contributed by atoms with van der Waals surface area (Å²) in [7, 11) is 0. The quantitative estimate of drug-likeness (QED) is 0.337. The normalized spacial score (nSPS) is 11.9. The molecule has 122 valence electrons. The molecule has 0 fully saturated rings. The van der Waals surface area contributed by atoms with Gasteiger partial charge in [0.1, 0.15) is 0 Å². The lowest BCUT2D eigenvalue weighted by Crippen LogP contribution is -2.03. The van der Waals surface area contributed by atoms with E-state index in [9.17, 15) is 35.1 Å². The Morgan fingerprint density at radius 1 is 0.522 bits per heavy atom. The van der Waals surface area contributed by atoms with Crippen molar-refractivity contribution in [1.29, 1.82) is 0 Å². The van der Waals surface area contributed by atoms with E-state index in [4.69, 9.17) is 0 Å². The number of hydrogen-bond acceptors (Lipinski definition) is 0. The van der Waals surface area contributed by atoms with Gasteiger partial charge >= 0.3 is 0 Å². The SMILES string of the molecule is CCn1c2c(F)c(F)c(F)c(F)c2c2c(F)c(F)c(F)c(F)c21. The van der Waals surface area contributed by atoms with Gasteiger partial charge in [-0.15, -0.1) is 0 Å². The third kappa shape index (κ3) is 1.73. The second-order valence-corrected chi connectivity index (χ2v) is 4.70. The highest BCUT2D eigenvalue weighted by molar-refractivity contribution is 6.09. The first-order valence-corrected chi connectivity index (χ1v) is 6.23. The van der Waals surface area contributed by atoms with Crippen molar-refractivity contribution in [3.8, 4) is 0 Å². The van der Waals surface area contributed by atoms with Crippen LogP contribution in [0.5, 0.6) is 0 Å². The molecule has 2 aromatic carbocycles. The van der Waals surface area contributed by atoms with E-state index in [1.165, 1.54) is 6.92 Å². The zero-order valence-corrected chi connectivity index (χ0v) is 11.2. The summed E-state index contributed by atoms with van der Waals surface area (Å²) in [6.07, 6.45) is 0. The van der Waals surface area contributed by atoms with Gasteiger partial charge in [0.15, 0.2) is 46.5 Å². The number of fused-ring (bicyclic) bond motifs is 3. The highest BCUT2D eigenvalue weighted by Crippen LogP contribution is 2.39. The third-order valence-electron chi connectivity index (χ3n) is 3.59. The molecule has 23 heavy (non-hydrogen) atoms. The number of aryl methyl sites for hydroxylation is 1. The average Bonchev–Trinajstić information content (AvgIpc) is 2.89. The lowest BCUT2D eigenvalue weighted by atomic mass is 10.1. The first kappa shape index (κ1) is 15.6. The lowest BCUT2D eigenvalue weighted by molar-refractivity contribution is 0.416. The second kappa shape index (κ2) is 4.84. The maximum atomic E-state index is 14.0. The molecule has 0 atom stereocenters. The van der Waals surface area contributed by atoms with Crippen molar-refractivity contribution < 1.29 is 35.1 Å². The fraction of sp³-hybridized carbons (Fsp3) is 0.143. The molecule has 0 aliphatic heterocycles. The van der Waals surface area contributed by atoms with Crippen LogP contribution in [0.25, 0.3) is 21.8 Å². The van der Waals surface area contributed by atoms with Gasteiger partial charge in [-0.1, -0.05) is 0 Å². The van der Waals surface area contributed by atoms with E-state index in [0.717, 1.165) is 0 Å². The van der Waals surface area contributed by atoms with Crippen molar-refractivity contribution in [1.82, 2.24) is 4.57 Å². The van der Waals surface area contributed by atoms with Gasteiger partial charge in [0.25, 0.3) is 0 Å². The van der Waals surface area contributed by atoms with E-state index in [0.29, 0.717) is 4.57 Å². The molecule has 0 unspecified atom stereocenters. The molecule has 0 radical (unpaired) electrons. The van der Waals surface area contributed by atoms with Crippen LogP contribution in [0, 0.1) is 46.5 Å². The Morgan fingerprint density at radius 2 is 0.826 bits per heavy atom. The highest BCUT2D eigenvalue weighted by Gasteiger charge is 2.32. The molecule has 1 aromatic heterocycles. The van der Waals surface area contributed by atoms with Crippen LogP contribution < -0.4 is 0 Å². The van der Waals surface area contributed by atoms with Crippen molar-refractivity contribution in [2.24, 2.45) is 0 Å². The molecule has 3 rings (SSSR count). The average molecular weight is 339 g/mol. The van der Waals surface area contributed by atoms with E-state index in [-0.39, 0.29) is 6.54 Å². The monoisotopic (exact) mass is 339 g/mol. The van der Waals surface area contributed by atoms with Crippen LogP contribution in [0.2, 0.25) is 0 Å². The molecule has 0 saturated carbocycles. The predicted molar refractivity (Wildman–Crippen MR) is 64.8 cm³/mol. The summed E-state index contributed by atoms with van der Waals surface area (Å²) < 4.78 is 110. The van der Waals surface area contributed by atoms with E-state index in [1.807, 2.05) is 0 Å². The summed E-state index contributed by atoms with van der Waals surface area (Å²) in [6, 6.07) is 0. The van der Waals surface area contributed by atoms with Crippen LogP contribution in [0.3, 0.4) is 0 Å². The van der Waals surface area contributed by atoms with Crippen LogP contribution in [0.1, 0.15) is 6.92 Å². The minimum absolute atomic E-state index is 0.372. The number of halogens is 8. The molecular weight excluding hydrogens is 334 g/mol. The van der Waals surface area contributed by atoms with Crippen molar-refractivity contribution in [3.63, 3.8) is 0 Å². The Bertz CT molecular complexity index is 911. The van der Waals surface area contributed by atoms with Gasteiger partial charge < -0.3 is 4.57 Å². The Balaban J connectivity index is 2.82. The largest absolute Gasteiger partial charge is 0.336 e. The van der Waals surface area contributed by atoms with Crippen molar-refractivity contribution in [3.05, 3.63) is 46.5 Å². The summed E-state index contributed by atoms with van der Waals surface area (Å²) in [5.41, 5.74) is -2.05. The van der Waals surface area contributed by atoms with Crippen molar-refractivity contribution in [2.75, 3.05) is 0 Å². The van der Waals surface area contributed by atoms with Crippen LogP contribution in [0.4, 0.5) is 35.1 Å². The molecular formula is C14H5F8N. The van der Waals surface area contributed by atoms with Crippen LogP contribution >= 0.6 is 0 Å². The first-order valence-electron chi connectivity index (χ1n) is 6.23. The Kier molecular flexibility index (Phi) is 3.27. The smallest absolute Gasteiger partial charge is 0.199 e. The Morgan fingerprint density at radius 3 is 1.13 bits per heavy atom. The minimum Gasteiger partial charge on any atom is -0.336 e. The highest BCUT2D eigenvalue weighted by atomic mass is 19.2. The Labute approximate surface area is 122 Å². The molecule has 0 N–H and O–H groups in total. The predicted octanol–water partition coefficient (Wildman–Crippen LogP) is 4.93. The molecule has 3 aromatic rings. The van der Waals surface area contributed by atoms with Crippen LogP contribution in [-0.2, 0) is 6.54 Å². The van der Waals surface area contributed by atoms with Gasteiger partial charge in [0.2, 0.25) is 0 Å². The standard InChI is InChI=1S/C14H5F8N/c1-2-23-13-3(5(15)7(17)9(19)11(13)21)4-6(16)8(18)10(20)12(22)14(4)23/h2H2,1H3. The molecule has 0 aliphatic rings. The zero-order valence-electron chi connectivity index (χ0n) is 11.2. The molecule has 0 amide bonds. The topological polar surface area (TPSA) is 4.93 Å². The van der Waals surface area contributed by atoms with E-state index in [1.54, 1.807) is 0 Å². The summed E-state index contributed by atoms with van der Waals surface area (Å²) >= 11 is 0. The van der Waals surface area contributed by atoms with Crippen molar-refractivity contribution in [2.45, 2.75) is 13.5 Å². The molecule has 9 heteroatoms. The maximum absolute atomic E-state index is 14.0. The van der Waals surface area contributed by atoms with Gasteiger partial charge in [-0.3, -0.25) is 0 Å². The molecule has 1 nitrogen and oxygen atoms in total. The molecule has 0 saturated heterocycles. The van der Waals surface area contributed by atoms with Gasteiger partial charge in [-0.2, -0.15) is 0 Å². The summed E-state index contributed by atoms with van der Waals surface area (Å²) in [5, 5.41) is -2.40. The maximum Gasteiger partial charge on any atom is 0.199 e. The van der Waals surface area contributed by atoms with Gasteiger partial charge in [0.05, 0.1) is 21.8 Å². The second-order valence-electron chi connectivity index (χ2n) is 4.70. The fourth-order valence-corrected chi connectivity index (χ4v) is 2.63. The third-order valence-corrected chi connectivity index (χ3v) is 3.59. The minimum atomic E-state index is -2.27.